The van der Waals surface area contributed by atoms with Crippen LogP contribution >= 0.6 is 0 Å². The van der Waals surface area contributed by atoms with Crippen molar-refractivity contribution in [2.24, 2.45) is 11.3 Å². The fourth-order valence-electron chi connectivity index (χ4n) is 4.13. The molecule has 2 fully saturated rings. The van der Waals surface area contributed by atoms with Crippen molar-refractivity contribution in [1.82, 2.24) is 10.6 Å². The number of amides is 2. The average Bonchev–Trinajstić information content (AvgIpc) is 3.04. The van der Waals surface area contributed by atoms with Crippen molar-refractivity contribution in [1.29, 1.82) is 0 Å². The number of carbonyl (C=O) groups excluding carboxylic acids is 1. The molecule has 0 bridgehead atoms. The number of hydrogen-bond acceptors (Lipinski definition) is 3. The standard InChI is InChI=1S/C19H28N2O3/c1-19(2)16(15-9-11-24-17(15)19)21-18(22)20-10-5-7-13-6-4-8-14(12-13)23-3/h4,6,8,12,15-17H,5,7,9-11H2,1-3H3,(H2,20,21,22)/t15-,16+,17+/m0/s1. The van der Waals surface area contributed by atoms with Gasteiger partial charge in [0.1, 0.15) is 5.75 Å². The second-order valence-corrected chi connectivity index (χ2v) is 7.40. The van der Waals surface area contributed by atoms with Gasteiger partial charge in [-0.05, 0) is 37.0 Å². The number of hydrogen-bond donors (Lipinski definition) is 2. The van der Waals surface area contributed by atoms with Gasteiger partial charge in [-0.25, -0.2) is 4.79 Å². The molecule has 1 aromatic carbocycles. The van der Waals surface area contributed by atoms with Crippen molar-refractivity contribution in [2.75, 3.05) is 20.3 Å². The minimum absolute atomic E-state index is 0.0269. The summed E-state index contributed by atoms with van der Waals surface area (Å²) in [5.74, 6) is 1.35. The lowest BCUT2D eigenvalue weighted by molar-refractivity contribution is -0.108. The van der Waals surface area contributed by atoms with Gasteiger partial charge in [0.25, 0.3) is 0 Å². The number of benzene rings is 1. The number of nitrogens with one attached hydrogen (secondary N) is 2. The highest BCUT2D eigenvalue weighted by molar-refractivity contribution is 5.74. The zero-order valence-corrected chi connectivity index (χ0v) is 14.8. The summed E-state index contributed by atoms with van der Waals surface area (Å²) < 4.78 is 11.0. The Bertz CT molecular complexity index is 588. The molecule has 0 radical (unpaired) electrons. The van der Waals surface area contributed by atoms with Crippen LogP contribution in [0, 0.1) is 11.3 Å². The van der Waals surface area contributed by atoms with Gasteiger partial charge in [-0.3, -0.25) is 0 Å². The van der Waals surface area contributed by atoms with E-state index in [0.717, 1.165) is 31.6 Å². The van der Waals surface area contributed by atoms with Crippen LogP contribution in [0.2, 0.25) is 0 Å². The third-order valence-electron chi connectivity index (χ3n) is 5.45. The lowest BCUT2D eigenvalue weighted by atomic mass is 9.57. The molecule has 1 aliphatic heterocycles. The summed E-state index contributed by atoms with van der Waals surface area (Å²) in [5.41, 5.74) is 1.25. The second kappa shape index (κ2) is 7.01. The smallest absolute Gasteiger partial charge is 0.315 e. The largest absolute Gasteiger partial charge is 0.497 e. The van der Waals surface area contributed by atoms with E-state index in [2.05, 4.69) is 30.5 Å². The first kappa shape index (κ1) is 17.1. The van der Waals surface area contributed by atoms with E-state index in [4.69, 9.17) is 9.47 Å². The van der Waals surface area contributed by atoms with Crippen LogP contribution in [0.15, 0.2) is 24.3 Å². The predicted molar refractivity (Wildman–Crippen MR) is 93.3 cm³/mol. The van der Waals surface area contributed by atoms with Gasteiger partial charge in [0.05, 0.1) is 13.2 Å². The monoisotopic (exact) mass is 332 g/mol. The maximum atomic E-state index is 12.2. The summed E-state index contributed by atoms with van der Waals surface area (Å²) in [6.45, 7) is 5.83. The molecule has 1 aliphatic carbocycles. The number of methoxy groups -OCH3 is 1. The molecule has 1 aromatic rings. The molecular weight excluding hydrogens is 304 g/mol. The third-order valence-corrected chi connectivity index (χ3v) is 5.45. The highest BCUT2D eigenvalue weighted by Gasteiger charge is 2.59. The van der Waals surface area contributed by atoms with Crippen LogP contribution in [-0.4, -0.2) is 38.4 Å². The molecule has 24 heavy (non-hydrogen) atoms. The average molecular weight is 332 g/mol. The minimum Gasteiger partial charge on any atom is -0.497 e. The Hall–Kier alpha value is -1.75. The topological polar surface area (TPSA) is 59.6 Å². The molecule has 5 nitrogen and oxygen atoms in total. The first-order valence-electron chi connectivity index (χ1n) is 8.81. The number of rotatable bonds is 6. The molecular formula is C19H28N2O3. The van der Waals surface area contributed by atoms with Gasteiger partial charge in [-0.1, -0.05) is 26.0 Å². The maximum absolute atomic E-state index is 12.2. The molecule has 3 rings (SSSR count). The zero-order valence-electron chi connectivity index (χ0n) is 14.8. The first-order valence-corrected chi connectivity index (χ1v) is 8.81. The minimum atomic E-state index is -0.0657. The van der Waals surface area contributed by atoms with E-state index in [-0.39, 0.29) is 17.5 Å². The fourth-order valence-corrected chi connectivity index (χ4v) is 4.13. The Labute approximate surface area is 144 Å². The molecule has 5 heteroatoms. The predicted octanol–water partition coefficient (Wildman–Crippen LogP) is 2.74. The van der Waals surface area contributed by atoms with Gasteiger partial charge in [0.15, 0.2) is 0 Å². The Morgan fingerprint density at radius 2 is 2.25 bits per heavy atom. The van der Waals surface area contributed by atoms with Crippen molar-refractivity contribution < 1.29 is 14.3 Å². The number of carbonyl (C=O) groups is 1. The summed E-state index contributed by atoms with van der Waals surface area (Å²) in [5, 5.41) is 6.12. The van der Waals surface area contributed by atoms with Crippen molar-refractivity contribution in [3.63, 3.8) is 0 Å². The van der Waals surface area contributed by atoms with Gasteiger partial charge in [-0.2, -0.15) is 0 Å². The Morgan fingerprint density at radius 3 is 3.04 bits per heavy atom. The highest BCUT2D eigenvalue weighted by Crippen LogP contribution is 2.51. The molecule has 2 aliphatic rings. The maximum Gasteiger partial charge on any atom is 0.315 e. The molecule has 1 saturated heterocycles. The van der Waals surface area contributed by atoms with Crippen LogP contribution in [0.4, 0.5) is 4.79 Å². The normalized spacial score (nSPS) is 27.0. The van der Waals surface area contributed by atoms with Crippen molar-refractivity contribution in [3.05, 3.63) is 29.8 Å². The van der Waals surface area contributed by atoms with E-state index in [1.165, 1.54) is 5.56 Å². The van der Waals surface area contributed by atoms with E-state index in [1.807, 2.05) is 18.2 Å². The van der Waals surface area contributed by atoms with Crippen LogP contribution in [0.25, 0.3) is 0 Å². The van der Waals surface area contributed by atoms with Crippen molar-refractivity contribution in [3.8, 4) is 5.75 Å². The summed E-state index contributed by atoms with van der Waals surface area (Å²) >= 11 is 0. The van der Waals surface area contributed by atoms with Gasteiger partial charge >= 0.3 is 6.03 Å². The second-order valence-electron chi connectivity index (χ2n) is 7.40. The molecule has 0 unspecified atom stereocenters. The van der Waals surface area contributed by atoms with Crippen LogP contribution in [0.1, 0.15) is 32.3 Å². The lowest BCUT2D eigenvalue weighted by Gasteiger charge is -2.54. The molecule has 1 heterocycles. The van der Waals surface area contributed by atoms with E-state index < -0.39 is 0 Å². The van der Waals surface area contributed by atoms with Gasteiger partial charge in [0, 0.05) is 30.5 Å². The number of ether oxygens (including phenoxy) is 2. The molecule has 2 amide bonds. The summed E-state index contributed by atoms with van der Waals surface area (Å²) in [6.07, 6.45) is 3.18. The van der Waals surface area contributed by atoms with E-state index in [9.17, 15) is 4.79 Å². The van der Waals surface area contributed by atoms with E-state index >= 15 is 0 Å². The van der Waals surface area contributed by atoms with Gasteiger partial charge < -0.3 is 20.1 Å². The summed E-state index contributed by atoms with van der Waals surface area (Å²) in [4.78, 5) is 12.2. The Kier molecular flexibility index (Phi) is 4.99. The molecule has 0 spiro atoms. The number of aryl methyl sites for hydroxylation is 1. The molecule has 0 aromatic heterocycles. The van der Waals surface area contributed by atoms with Gasteiger partial charge in [0.2, 0.25) is 0 Å². The number of fused-ring (bicyclic) bond motifs is 1. The molecule has 132 valence electrons. The molecule has 1 saturated carbocycles. The lowest BCUT2D eigenvalue weighted by Crippen LogP contribution is -2.67. The van der Waals surface area contributed by atoms with Crippen LogP contribution in [-0.2, 0) is 11.2 Å². The third kappa shape index (κ3) is 3.36. The van der Waals surface area contributed by atoms with Crippen LogP contribution in [0.3, 0.4) is 0 Å². The molecule has 3 atom stereocenters. The van der Waals surface area contributed by atoms with Crippen molar-refractivity contribution in [2.45, 2.75) is 45.3 Å². The highest BCUT2D eigenvalue weighted by atomic mass is 16.5. The Morgan fingerprint density at radius 1 is 1.42 bits per heavy atom. The first-order chi connectivity index (χ1) is 11.5. The summed E-state index contributed by atoms with van der Waals surface area (Å²) in [7, 11) is 1.67. The molecule has 2 N–H and O–H groups in total. The number of urea groups is 1. The van der Waals surface area contributed by atoms with Crippen LogP contribution < -0.4 is 15.4 Å². The summed E-state index contributed by atoms with van der Waals surface area (Å²) in [6, 6.07) is 8.20. The van der Waals surface area contributed by atoms with Gasteiger partial charge in [-0.15, -0.1) is 0 Å². The van der Waals surface area contributed by atoms with E-state index in [1.54, 1.807) is 7.11 Å². The van der Waals surface area contributed by atoms with Crippen molar-refractivity contribution >= 4 is 6.03 Å². The van der Waals surface area contributed by atoms with E-state index in [0.29, 0.717) is 18.6 Å². The SMILES string of the molecule is COc1cccc(CCCNC(=O)N[C@@H]2[C@@H]3CCO[C@H]3C2(C)C)c1. The van der Waals surface area contributed by atoms with Crippen LogP contribution in [0.5, 0.6) is 5.75 Å². The fraction of sp³-hybridized carbons (Fsp3) is 0.632. The quantitative estimate of drug-likeness (QED) is 0.788. The zero-order chi connectivity index (χ0) is 17.2. The Balaban J connectivity index is 1.38.